The van der Waals surface area contributed by atoms with Crippen LogP contribution in [0.15, 0.2) is 28.7 Å². The summed E-state index contributed by atoms with van der Waals surface area (Å²) in [6.45, 7) is 3.88. The van der Waals surface area contributed by atoms with Crippen LogP contribution >= 0.6 is 15.9 Å². The molecule has 22 heavy (non-hydrogen) atoms. The highest BCUT2D eigenvalue weighted by Gasteiger charge is 2.30. The number of benzene rings is 1. The van der Waals surface area contributed by atoms with E-state index >= 15 is 0 Å². The van der Waals surface area contributed by atoms with Gasteiger partial charge in [0, 0.05) is 5.69 Å². The highest BCUT2D eigenvalue weighted by molar-refractivity contribution is 9.10. The molecule has 4 nitrogen and oxygen atoms in total. The second-order valence-corrected chi connectivity index (χ2v) is 5.78. The molecule has 1 amide bonds. The lowest BCUT2D eigenvalue weighted by molar-refractivity contribution is -0.137. The molecule has 0 aliphatic heterocycles. The summed E-state index contributed by atoms with van der Waals surface area (Å²) in [5, 5.41) is 9.20. The van der Waals surface area contributed by atoms with E-state index in [2.05, 4.69) is 31.4 Å². The zero-order chi connectivity index (χ0) is 16.5. The van der Waals surface area contributed by atoms with Gasteiger partial charge in [0.1, 0.15) is 0 Å². The highest BCUT2D eigenvalue weighted by atomic mass is 79.9. The van der Waals surface area contributed by atoms with Crippen molar-refractivity contribution in [3.8, 4) is 0 Å². The van der Waals surface area contributed by atoms with Gasteiger partial charge < -0.3 is 5.32 Å². The van der Waals surface area contributed by atoms with Crippen molar-refractivity contribution in [3.05, 3.63) is 45.7 Å². The summed E-state index contributed by atoms with van der Waals surface area (Å²) >= 11 is 3.30. The van der Waals surface area contributed by atoms with Gasteiger partial charge in [-0.2, -0.15) is 18.3 Å². The molecule has 0 aliphatic carbocycles. The van der Waals surface area contributed by atoms with E-state index in [0.717, 1.165) is 17.8 Å². The topological polar surface area (TPSA) is 57.8 Å². The van der Waals surface area contributed by atoms with E-state index in [0.29, 0.717) is 4.47 Å². The number of rotatable bonds is 3. The second-order valence-electron chi connectivity index (χ2n) is 4.98. The summed E-state index contributed by atoms with van der Waals surface area (Å²) in [6, 6.07) is 4.22. The minimum Gasteiger partial charge on any atom is -0.321 e. The number of carbonyl (C=O) groups excluding carboxylic acids is 1. The largest absolute Gasteiger partial charge is 0.416 e. The van der Waals surface area contributed by atoms with Crippen molar-refractivity contribution in [2.45, 2.75) is 25.9 Å². The van der Waals surface area contributed by atoms with Crippen molar-refractivity contribution in [1.82, 2.24) is 10.2 Å². The molecule has 0 unspecified atom stereocenters. The van der Waals surface area contributed by atoms with Crippen molar-refractivity contribution in [1.29, 1.82) is 0 Å². The molecule has 1 aromatic heterocycles. The van der Waals surface area contributed by atoms with Crippen LogP contribution in [0.2, 0.25) is 0 Å². The maximum absolute atomic E-state index is 12.5. The molecule has 0 saturated carbocycles. The van der Waals surface area contributed by atoms with E-state index < -0.39 is 17.6 Å². The Kier molecular flexibility index (Phi) is 4.60. The highest BCUT2D eigenvalue weighted by Crippen LogP contribution is 2.30. The molecular weight excluding hydrogens is 363 g/mol. The molecule has 1 aromatic carbocycles. The molecule has 0 atom stereocenters. The molecule has 1 heterocycles. The first-order chi connectivity index (χ1) is 10.2. The van der Waals surface area contributed by atoms with Crippen molar-refractivity contribution < 1.29 is 18.0 Å². The maximum atomic E-state index is 12.5. The quantitative estimate of drug-likeness (QED) is 0.825. The Labute approximate surface area is 133 Å². The molecule has 0 aliphatic rings. The summed E-state index contributed by atoms with van der Waals surface area (Å²) in [5.74, 6) is -0.357. The van der Waals surface area contributed by atoms with Gasteiger partial charge in [0.15, 0.2) is 5.69 Å². The molecule has 118 valence electrons. The SMILES string of the molecule is CC(C)c1[nH]nc(C(=O)Nc2ccc(C(F)(F)F)cc2)c1Br. The normalized spacial score (nSPS) is 11.8. The first-order valence-corrected chi connectivity index (χ1v) is 7.22. The van der Waals surface area contributed by atoms with Crippen molar-refractivity contribution in [2.75, 3.05) is 5.32 Å². The van der Waals surface area contributed by atoms with Gasteiger partial charge in [-0.25, -0.2) is 0 Å². The second kappa shape index (κ2) is 6.12. The lowest BCUT2D eigenvalue weighted by Crippen LogP contribution is -2.13. The molecule has 0 saturated heterocycles. The Hall–Kier alpha value is -1.83. The summed E-state index contributed by atoms with van der Waals surface area (Å²) < 4.78 is 38.0. The number of nitrogens with zero attached hydrogens (tertiary/aromatic N) is 1. The number of hydrogen-bond donors (Lipinski definition) is 2. The molecule has 0 bridgehead atoms. The number of aromatic nitrogens is 2. The number of carbonyl (C=O) groups is 1. The fraction of sp³-hybridized carbons (Fsp3) is 0.286. The van der Waals surface area contributed by atoms with Crippen LogP contribution in [-0.2, 0) is 6.18 Å². The predicted octanol–water partition coefficient (Wildman–Crippen LogP) is 4.57. The fourth-order valence-electron chi connectivity index (χ4n) is 1.81. The molecule has 0 radical (unpaired) electrons. The molecule has 0 fully saturated rings. The monoisotopic (exact) mass is 375 g/mol. The van der Waals surface area contributed by atoms with Crippen LogP contribution < -0.4 is 5.32 Å². The summed E-state index contributed by atoms with van der Waals surface area (Å²) in [4.78, 5) is 12.1. The fourth-order valence-corrected chi connectivity index (χ4v) is 2.62. The van der Waals surface area contributed by atoms with Gasteiger partial charge in [-0.05, 0) is 46.1 Å². The first-order valence-electron chi connectivity index (χ1n) is 6.42. The molecular formula is C14H13BrF3N3O. The first kappa shape index (κ1) is 16.5. The van der Waals surface area contributed by atoms with E-state index in [1.807, 2.05) is 13.8 Å². The number of anilines is 1. The summed E-state index contributed by atoms with van der Waals surface area (Å²) in [7, 11) is 0. The van der Waals surface area contributed by atoms with Crippen molar-refractivity contribution in [2.24, 2.45) is 0 Å². The van der Waals surface area contributed by atoms with E-state index in [1.54, 1.807) is 0 Å². The minimum absolute atomic E-state index is 0.148. The number of halogens is 4. The molecule has 8 heteroatoms. The van der Waals surface area contributed by atoms with Crippen LogP contribution in [0.1, 0.15) is 41.5 Å². The van der Waals surface area contributed by atoms with Gasteiger partial charge in [-0.3, -0.25) is 9.89 Å². The summed E-state index contributed by atoms with van der Waals surface area (Å²) in [6.07, 6.45) is -4.40. The number of nitrogens with one attached hydrogen (secondary N) is 2. The lowest BCUT2D eigenvalue weighted by atomic mass is 10.1. The van der Waals surface area contributed by atoms with E-state index in [9.17, 15) is 18.0 Å². The Morgan fingerprint density at radius 3 is 2.32 bits per heavy atom. The average molecular weight is 376 g/mol. The van der Waals surface area contributed by atoms with Crippen molar-refractivity contribution >= 4 is 27.5 Å². The van der Waals surface area contributed by atoms with E-state index in [-0.39, 0.29) is 17.3 Å². The predicted molar refractivity (Wildman–Crippen MR) is 79.8 cm³/mol. The third-order valence-corrected chi connectivity index (χ3v) is 3.80. The van der Waals surface area contributed by atoms with Crippen LogP contribution in [0.3, 0.4) is 0 Å². The van der Waals surface area contributed by atoms with Gasteiger partial charge in [-0.15, -0.1) is 0 Å². The molecule has 2 rings (SSSR count). The van der Waals surface area contributed by atoms with Crippen LogP contribution in [-0.4, -0.2) is 16.1 Å². The third kappa shape index (κ3) is 3.49. The zero-order valence-electron chi connectivity index (χ0n) is 11.8. The van der Waals surface area contributed by atoms with E-state index in [1.165, 1.54) is 12.1 Å². The number of aromatic amines is 1. The number of H-pyrrole nitrogens is 1. The number of hydrogen-bond acceptors (Lipinski definition) is 2. The molecule has 0 spiro atoms. The maximum Gasteiger partial charge on any atom is 0.416 e. The minimum atomic E-state index is -4.40. The van der Waals surface area contributed by atoms with Crippen LogP contribution in [0.25, 0.3) is 0 Å². The Balaban J connectivity index is 2.16. The Bertz CT molecular complexity index is 678. The Morgan fingerprint density at radius 1 is 1.27 bits per heavy atom. The summed E-state index contributed by atoms with van der Waals surface area (Å²) in [5.41, 5.74) is 0.425. The number of alkyl halides is 3. The molecule has 2 N–H and O–H groups in total. The Morgan fingerprint density at radius 2 is 1.86 bits per heavy atom. The smallest absolute Gasteiger partial charge is 0.321 e. The lowest BCUT2D eigenvalue weighted by Gasteiger charge is -2.08. The van der Waals surface area contributed by atoms with Gasteiger partial charge in [-0.1, -0.05) is 13.8 Å². The standard InChI is InChI=1S/C14H13BrF3N3O/c1-7(2)11-10(15)12(21-20-11)13(22)19-9-5-3-8(4-6-9)14(16,17)18/h3-7H,1-2H3,(H,19,22)(H,20,21). The zero-order valence-corrected chi connectivity index (χ0v) is 13.3. The van der Waals surface area contributed by atoms with Crippen LogP contribution in [0, 0.1) is 0 Å². The molecule has 2 aromatic rings. The van der Waals surface area contributed by atoms with Crippen LogP contribution in [0.4, 0.5) is 18.9 Å². The van der Waals surface area contributed by atoms with Crippen LogP contribution in [0.5, 0.6) is 0 Å². The number of amides is 1. The van der Waals surface area contributed by atoms with E-state index in [4.69, 9.17) is 0 Å². The van der Waals surface area contributed by atoms with Gasteiger partial charge in [0.2, 0.25) is 0 Å². The van der Waals surface area contributed by atoms with Gasteiger partial charge >= 0.3 is 6.18 Å². The van der Waals surface area contributed by atoms with Gasteiger partial charge in [0.05, 0.1) is 15.7 Å². The average Bonchev–Trinajstić information content (AvgIpc) is 2.80. The van der Waals surface area contributed by atoms with Crippen molar-refractivity contribution in [3.63, 3.8) is 0 Å². The van der Waals surface area contributed by atoms with Gasteiger partial charge in [0.25, 0.3) is 5.91 Å². The third-order valence-electron chi connectivity index (χ3n) is 3.00.